The van der Waals surface area contributed by atoms with E-state index in [1.807, 2.05) is 24.1 Å². The molecule has 0 saturated carbocycles. The molecule has 1 rings (SSSR count). The number of guanidine groups is 2. The number of benzene rings is 1. The normalized spacial score (nSPS) is 11.2. The molecule has 5 heteroatoms. The van der Waals surface area contributed by atoms with Gasteiger partial charge in [-0.25, -0.2) is 0 Å². The average Bonchev–Trinajstić information content (AvgIpc) is 2.28. The van der Waals surface area contributed by atoms with E-state index in [9.17, 15) is 0 Å². The van der Waals surface area contributed by atoms with Crippen molar-refractivity contribution < 1.29 is 0 Å². The Balaban J connectivity index is 3.16. The number of rotatable bonds is 1. The molecule has 4 N–H and O–H groups in total. The molecule has 1 aromatic carbocycles. The lowest BCUT2D eigenvalue weighted by Crippen LogP contribution is -2.31. The molecule has 0 unspecified atom stereocenters. The molecule has 0 amide bonds. The fourth-order valence-electron chi connectivity index (χ4n) is 1.60. The van der Waals surface area contributed by atoms with Gasteiger partial charge in [0.1, 0.15) is 0 Å². The van der Waals surface area contributed by atoms with Crippen molar-refractivity contribution in [2.24, 2.45) is 21.5 Å². The minimum absolute atomic E-state index is 0.00255. The van der Waals surface area contributed by atoms with Crippen molar-refractivity contribution in [3.8, 4) is 0 Å². The highest BCUT2D eigenvalue weighted by Gasteiger charge is 2.10. The summed E-state index contributed by atoms with van der Waals surface area (Å²) in [5.74, 6) is 0.487. The first-order chi connectivity index (χ1) is 7.97. The molecule has 0 saturated heterocycles. The quantitative estimate of drug-likeness (QED) is 0.561. The molecule has 5 nitrogen and oxygen atoms in total. The molecule has 1 aromatic rings. The number of aliphatic imine (C=N–C) groups is 2. The molecule has 0 heterocycles. The number of anilines is 1. The van der Waals surface area contributed by atoms with Crippen LogP contribution in [0.15, 0.2) is 28.2 Å². The van der Waals surface area contributed by atoms with Crippen LogP contribution in [0.1, 0.15) is 11.1 Å². The molecule has 0 aliphatic carbocycles. The fraction of sp³-hybridized carbons (Fsp3) is 0.333. The Hall–Kier alpha value is -2.04. The number of hydrogen-bond acceptors (Lipinski definition) is 1. The number of aryl methyl sites for hydroxylation is 1. The molecule has 17 heavy (non-hydrogen) atoms. The standard InChI is InChI=1S/C12H19N5/c1-8-6-5-7-10(9(8)2)17(4)12(15-3)16-11(13)14/h5-7H,1-4H3,(H4,13,14,15,16). The zero-order valence-corrected chi connectivity index (χ0v) is 10.7. The summed E-state index contributed by atoms with van der Waals surface area (Å²) in [6.45, 7) is 4.12. The zero-order chi connectivity index (χ0) is 13.0. The predicted molar refractivity (Wildman–Crippen MR) is 73.5 cm³/mol. The van der Waals surface area contributed by atoms with E-state index in [2.05, 4.69) is 29.9 Å². The average molecular weight is 233 g/mol. The largest absolute Gasteiger partial charge is 0.370 e. The molecule has 92 valence electrons. The van der Waals surface area contributed by atoms with Crippen molar-refractivity contribution in [2.45, 2.75) is 13.8 Å². The van der Waals surface area contributed by atoms with Crippen molar-refractivity contribution in [1.82, 2.24) is 0 Å². The Morgan fingerprint density at radius 3 is 2.41 bits per heavy atom. The zero-order valence-electron chi connectivity index (χ0n) is 10.7. The van der Waals surface area contributed by atoms with Crippen molar-refractivity contribution >= 4 is 17.6 Å². The second-order valence-electron chi connectivity index (χ2n) is 3.84. The van der Waals surface area contributed by atoms with E-state index < -0.39 is 0 Å². The monoisotopic (exact) mass is 233 g/mol. The van der Waals surface area contributed by atoms with Crippen LogP contribution in [-0.2, 0) is 0 Å². The van der Waals surface area contributed by atoms with Gasteiger partial charge >= 0.3 is 0 Å². The van der Waals surface area contributed by atoms with Gasteiger partial charge in [-0.1, -0.05) is 12.1 Å². The summed E-state index contributed by atoms with van der Waals surface area (Å²) in [5.41, 5.74) is 14.2. The molecule has 0 radical (unpaired) electrons. The molecule has 0 fully saturated rings. The Morgan fingerprint density at radius 1 is 1.24 bits per heavy atom. The Kier molecular flexibility index (Phi) is 4.09. The van der Waals surface area contributed by atoms with Crippen LogP contribution < -0.4 is 16.4 Å². The highest BCUT2D eigenvalue weighted by Crippen LogP contribution is 2.22. The first-order valence-electron chi connectivity index (χ1n) is 5.33. The minimum atomic E-state index is 0.00255. The van der Waals surface area contributed by atoms with Crippen LogP contribution in [0.4, 0.5) is 5.69 Å². The van der Waals surface area contributed by atoms with Crippen molar-refractivity contribution in [3.63, 3.8) is 0 Å². The molecule has 0 atom stereocenters. The minimum Gasteiger partial charge on any atom is -0.370 e. The van der Waals surface area contributed by atoms with Crippen LogP contribution in [-0.4, -0.2) is 26.0 Å². The first kappa shape index (κ1) is 13.0. The topological polar surface area (TPSA) is 80.0 Å². The summed E-state index contributed by atoms with van der Waals surface area (Å²) in [6.07, 6.45) is 0. The van der Waals surface area contributed by atoms with Gasteiger partial charge in [-0.3, -0.25) is 4.99 Å². The second kappa shape index (κ2) is 5.34. The highest BCUT2D eigenvalue weighted by atomic mass is 15.3. The molecule has 0 bridgehead atoms. The molecular formula is C12H19N5. The Labute approximate surface area is 102 Å². The van der Waals surface area contributed by atoms with E-state index >= 15 is 0 Å². The lowest BCUT2D eigenvalue weighted by molar-refractivity contribution is 1.16. The van der Waals surface area contributed by atoms with Crippen molar-refractivity contribution in [3.05, 3.63) is 29.3 Å². The third kappa shape index (κ3) is 2.96. The fourth-order valence-corrected chi connectivity index (χ4v) is 1.60. The number of nitrogens with two attached hydrogens (primary N) is 2. The van der Waals surface area contributed by atoms with Crippen molar-refractivity contribution in [2.75, 3.05) is 19.0 Å². The summed E-state index contributed by atoms with van der Waals surface area (Å²) in [6, 6.07) is 6.07. The summed E-state index contributed by atoms with van der Waals surface area (Å²) in [4.78, 5) is 9.92. The Morgan fingerprint density at radius 2 is 1.88 bits per heavy atom. The summed E-state index contributed by atoms with van der Waals surface area (Å²) in [5, 5.41) is 0. The van der Waals surface area contributed by atoms with Crippen LogP contribution in [0.5, 0.6) is 0 Å². The number of hydrogen-bond donors (Lipinski definition) is 2. The van der Waals surface area contributed by atoms with Gasteiger partial charge in [-0.15, -0.1) is 0 Å². The van der Waals surface area contributed by atoms with E-state index in [0.29, 0.717) is 5.96 Å². The van der Waals surface area contributed by atoms with E-state index in [-0.39, 0.29) is 5.96 Å². The van der Waals surface area contributed by atoms with Gasteiger partial charge in [-0.05, 0) is 31.0 Å². The first-order valence-corrected chi connectivity index (χ1v) is 5.33. The summed E-state index contributed by atoms with van der Waals surface area (Å²) >= 11 is 0. The predicted octanol–water partition coefficient (Wildman–Crippen LogP) is 0.999. The molecule has 0 aliphatic heterocycles. The lowest BCUT2D eigenvalue weighted by atomic mass is 10.1. The smallest absolute Gasteiger partial charge is 0.227 e. The summed E-state index contributed by atoms with van der Waals surface area (Å²) < 4.78 is 0. The van der Waals surface area contributed by atoms with E-state index in [4.69, 9.17) is 11.5 Å². The van der Waals surface area contributed by atoms with E-state index in [1.54, 1.807) is 7.05 Å². The van der Waals surface area contributed by atoms with Crippen LogP contribution >= 0.6 is 0 Å². The summed E-state index contributed by atoms with van der Waals surface area (Å²) in [7, 11) is 3.54. The van der Waals surface area contributed by atoms with E-state index in [1.165, 1.54) is 11.1 Å². The van der Waals surface area contributed by atoms with E-state index in [0.717, 1.165) is 5.69 Å². The SMILES string of the molecule is CN=C(N=C(N)N)N(C)c1cccc(C)c1C. The van der Waals surface area contributed by atoms with Gasteiger partial charge in [0.25, 0.3) is 0 Å². The van der Waals surface area contributed by atoms with Gasteiger partial charge in [-0.2, -0.15) is 4.99 Å². The molecule has 0 aromatic heterocycles. The van der Waals surface area contributed by atoms with Crippen LogP contribution in [0.3, 0.4) is 0 Å². The van der Waals surface area contributed by atoms with Crippen LogP contribution in [0.25, 0.3) is 0 Å². The third-order valence-electron chi connectivity index (χ3n) is 2.67. The maximum atomic E-state index is 5.37. The molecule has 0 spiro atoms. The maximum absolute atomic E-state index is 5.37. The lowest BCUT2D eigenvalue weighted by Gasteiger charge is -2.21. The molecule has 0 aliphatic rings. The van der Waals surface area contributed by atoms with Gasteiger partial charge in [0, 0.05) is 19.8 Å². The maximum Gasteiger partial charge on any atom is 0.227 e. The van der Waals surface area contributed by atoms with Crippen LogP contribution in [0, 0.1) is 13.8 Å². The number of nitrogens with zero attached hydrogens (tertiary/aromatic N) is 3. The Bertz CT molecular complexity index is 458. The van der Waals surface area contributed by atoms with Gasteiger partial charge in [0.2, 0.25) is 5.96 Å². The molecular weight excluding hydrogens is 214 g/mol. The second-order valence-corrected chi connectivity index (χ2v) is 3.84. The van der Waals surface area contributed by atoms with Crippen molar-refractivity contribution in [1.29, 1.82) is 0 Å². The van der Waals surface area contributed by atoms with Gasteiger partial charge in [0.15, 0.2) is 5.96 Å². The third-order valence-corrected chi connectivity index (χ3v) is 2.67. The highest BCUT2D eigenvalue weighted by molar-refractivity contribution is 6.03. The van der Waals surface area contributed by atoms with Crippen LogP contribution in [0.2, 0.25) is 0 Å². The van der Waals surface area contributed by atoms with Gasteiger partial charge < -0.3 is 16.4 Å². The van der Waals surface area contributed by atoms with Gasteiger partial charge in [0.05, 0.1) is 0 Å².